The zero-order chi connectivity index (χ0) is 13.8. The molecule has 0 radical (unpaired) electrons. The number of nitriles is 1. The van der Waals surface area contributed by atoms with Crippen LogP contribution in [0, 0.1) is 16.7 Å². The molecule has 2 aliphatic carbocycles. The highest BCUT2D eigenvalue weighted by molar-refractivity contribution is 7.16. The summed E-state index contributed by atoms with van der Waals surface area (Å²) in [5.74, 6) is -0.200. The first kappa shape index (κ1) is 13.2. The van der Waals surface area contributed by atoms with Crippen LogP contribution < -0.4 is 5.32 Å². The SMILES string of the molecule is C[C@]1(C(=O)Nc2sc3c(c2C#N)CCC3)CC1(Cl)Cl. The lowest BCUT2D eigenvalue weighted by Gasteiger charge is -2.11. The Bertz CT molecular complexity index is 617. The van der Waals surface area contributed by atoms with Crippen LogP contribution in [0.3, 0.4) is 0 Å². The number of alkyl halides is 2. The molecular weight excluding hydrogens is 303 g/mol. The number of hydrogen-bond donors (Lipinski definition) is 1. The van der Waals surface area contributed by atoms with E-state index in [1.807, 2.05) is 0 Å². The maximum absolute atomic E-state index is 12.2. The Hall–Kier alpha value is -0.760. The number of nitrogens with one attached hydrogen (secondary N) is 1. The van der Waals surface area contributed by atoms with Crippen LogP contribution in [0.15, 0.2) is 0 Å². The number of carbonyl (C=O) groups excluding carboxylic acids is 1. The van der Waals surface area contributed by atoms with E-state index < -0.39 is 9.75 Å². The molecule has 1 heterocycles. The number of rotatable bonds is 2. The quantitative estimate of drug-likeness (QED) is 0.847. The van der Waals surface area contributed by atoms with Crippen LogP contribution in [0.4, 0.5) is 5.00 Å². The van der Waals surface area contributed by atoms with Gasteiger partial charge in [-0.1, -0.05) is 0 Å². The fourth-order valence-electron chi connectivity index (χ4n) is 2.50. The van der Waals surface area contributed by atoms with Crippen molar-refractivity contribution in [2.45, 2.75) is 36.9 Å². The van der Waals surface area contributed by atoms with Crippen LogP contribution in [0.5, 0.6) is 0 Å². The van der Waals surface area contributed by atoms with E-state index in [9.17, 15) is 10.1 Å². The molecule has 0 aliphatic heterocycles. The molecule has 1 amide bonds. The van der Waals surface area contributed by atoms with E-state index in [0.29, 0.717) is 17.0 Å². The van der Waals surface area contributed by atoms with Crippen molar-refractivity contribution in [1.29, 1.82) is 5.26 Å². The molecule has 2 aliphatic rings. The van der Waals surface area contributed by atoms with Crippen molar-refractivity contribution in [3.05, 3.63) is 16.0 Å². The highest BCUT2D eigenvalue weighted by Gasteiger charge is 2.68. The van der Waals surface area contributed by atoms with E-state index >= 15 is 0 Å². The minimum Gasteiger partial charge on any atom is -0.316 e. The fourth-order valence-corrected chi connectivity index (χ4v) is 4.44. The van der Waals surface area contributed by atoms with Crippen molar-refractivity contribution in [1.82, 2.24) is 0 Å². The van der Waals surface area contributed by atoms with Gasteiger partial charge in [-0.2, -0.15) is 5.26 Å². The Kier molecular flexibility index (Phi) is 2.87. The molecule has 6 heteroatoms. The van der Waals surface area contributed by atoms with Crippen LogP contribution in [0.25, 0.3) is 0 Å². The number of nitrogens with zero attached hydrogens (tertiary/aromatic N) is 1. The summed E-state index contributed by atoms with van der Waals surface area (Å²) in [6, 6.07) is 2.20. The van der Waals surface area contributed by atoms with Crippen molar-refractivity contribution in [3.8, 4) is 6.07 Å². The number of anilines is 1. The smallest absolute Gasteiger partial charge is 0.234 e. The van der Waals surface area contributed by atoms with Gasteiger partial charge in [-0.3, -0.25) is 4.79 Å². The van der Waals surface area contributed by atoms with E-state index in [4.69, 9.17) is 23.2 Å². The molecule has 0 saturated heterocycles. The molecule has 1 aromatic heterocycles. The summed E-state index contributed by atoms with van der Waals surface area (Å²) in [5.41, 5.74) is 0.966. The van der Waals surface area contributed by atoms with Crippen molar-refractivity contribution < 1.29 is 4.79 Å². The van der Waals surface area contributed by atoms with Gasteiger partial charge in [-0.15, -0.1) is 34.5 Å². The van der Waals surface area contributed by atoms with Gasteiger partial charge in [0.2, 0.25) is 5.91 Å². The van der Waals surface area contributed by atoms with Gasteiger partial charge in [0.1, 0.15) is 15.4 Å². The number of amides is 1. The van der Waals surface area contributed by atoms with Crippen LogP contribution >= 0.6 is 34.5 Å². The van der Waals surface area contributed by atoms with E-state index in [0.717, 1.165) is 24.8 Å². The van der Waals surface area contributed by atoms with Crippen molar-refractivity contribution in [2.75, 3.05) is 5.32 Å². The first-order valence-electron chi connectivity index (χ1n) is 6.13. The van der Waals surface area contributed by atoms with Crippen molar-refractivity contribution in [3.63, 3.8) is 0 Å². The first-order chi connectivity index (χ1) is 8.89. The molecular formula is C13H12Cl2N2OS. The molecule has 0 spiro atoms. The molecule has 1 saturated carbocycles. The predicted octanol–water partition coefficient (Wildman–Crippen LogP) is 3.63. The summed E-state index contributed by atoms with van der Waals surface area (Å²) in [6.45, 7) is 1.75. The number of carbonyl (C=O) groups is 1. The minimum absolute atomic E-state index is 0.200. The van der Waals surface area contributed by atoms with Gasteiger partial charge in [-0.25, -0.2) is 0 Å². The lowest BCUT2D eigenvalue weighted by Crippen LogP contribution is -2.25. The zero-order valence-electron chi connectivity index (χ0n) is 10.3. The monoisotopic (exact) mass is 314 g/mol. The van der Waals surface area contributed by atoms with E-state index in [2.05, 4.69) is 11.4 Å². The molecule has 3 rings (SSSR count). The second-order valence-corrected chi connectivity index (χ2v) is 7.93. The molecule has 100 valence electrons. The summed E-state index contributed by atoms with van der Waals surface area (Å²) in [6.07, 6.45) is 3.46. The van der Waals surface area contributed by atoms with Crippen LogP contribution in [-0.2, 0) is 17.6 Å². The summed E-state index contributed by atoms with van der Waals surface area (Å²) in [5, 5.41) is 12.7. The average molecular weight is 315 g/mol. The molecule has 1 fully saturated rings. The van der Waals surface area contributed by atoms with E-state index in [-0.39, 0.29) is 5.91 Å². The first-order valence-corrected chi connectivity index (χ1v) is 7.70. The number of fused-ring (bicyclic) bond motifs is 1. The van der Waals surface area contributed by atoms with Gasteiger partial charge < -0.3 is 5.32 Å². The summed E-state index contributed by atoms with van der Waals surface area (Å²) >= 11 is 13.5. The normalized spacial score (nSPS) is 26.6. The Morgan fingerprint density at radius 1 is 1.47 bits per heavy atom. The average Bonchev–Trinajstić information content (AvgIpc) is 2.71. The third-order valence-electron chi connectivity index (χ3n) is 4.02. The molecule has 1 N–H and O–H groups in total. The molecule has 0 aromatic carbocycles. The van der Waals surface area contributed by atoms with Gasteiger partial charge in [0.15, 0.2) is 0 Å². The third-order valence-corrected chi connectivity index (χ3v) is 6.33. The van der Waals surface area contributed by atoms with Gasteiger partial charge in [0.25, 0.3) is 0 Å². The van der Waals surface area contributed by atoms with Crippen LogP contribution in [0.2, 0.25) is 0 Å². The number of halogens is 2. The lowest BCUT2D eigenvalue weighted by molar-refractivity contribution is -0.120. The topological polar surface area (TPSA) is 52.9 Å². The molecule has 1 aromatic rings. The predicted molar refractivity (Wildman–Crippen MR) is 76.8 cm³/mol. The fraction of sp³-hybridized carbons (Fsp3) is 0.538. The highest BCUT2D eigenvalue weighted by Crippen LogP contribution is 2.64. The van der Waals surface area contributed by atoms with Crippen LogP contribution in [-0.4, -0.2) is 10.2 Å². The Morgan fingerprint density at radius 2 is 2.16 bits per heavy atom. The molecule has 19 heavy (non-hydrogen) atoms. The highest BCUT2D eigenvalue weighted by atomic mass is 35.5. The zero-order valence-corrected chi connectivity index (χ0v) is 12.7. The van der Waals surface area contributed by atoms with Crippen molar-refractivity contribution in [2.24, 2.45) is 5.41 Å². The molecule has 1 atom stereocenters. The Balaban J connectivity index is 1.86. The largest absolute Gasteiger partial charge is 0.316 e. The molecule has 0 bridgehead atoms. The Labute approximate surface area is 125 Å². The van der Waals surface area contributed by atoms with Gasteiger partial charge in [-0.05, 0) is 38.2 Å². The minimum atomic E-state index is -0.982. The van der Waals surface area contributed by atoms with Gasteiger partial charge in [0, 0.05) is 4.88 Å². The standard InChI is InChI=1S/C13H12Cl2N2OS/c1-12(6-13(12,14)15)11(18)17-10-8(5-16)7-3-2-4-9(7)19-10/h2-4,6H2,1H3,(H,17,18)/t12-/m1/s1. The lowest BCUT2D eigenvalue weighted by atomic mass is 10.1. The van der Waals surface area contributed by atoms with E-state index in [1.165, 1.54) is 16.2 Å². The van der Waals surface area contributed by atoms with E-state index in [1.54, 1.807) is 6.92 Å². The third kappa shape index (κ3) is 1.87. The number of thiophene rings is 1. The number of aryl methyl sites for hydroxylation is 1. The summed E-state index contributed by atoms with van der Waals surface area (Å²) < 4.78 is -0.982. The second-order valence-electron chi connectivity index (χ2n) is 5.34. The van der Waals surface area contributed by atoms with Crippen molar-refractivity contribution >= 4 is 45.4 Å². The summed E-state index contributed by atoms with van der Waals surface area (Å²) in [7, 11) is 0. The van der Waals surface area contributed by atoms with Gasteiger partial charge >= 0.3 is 0 Å². The second kappa shape index (κ2) is 4.12. The molecule has 3 nitrogen and oxygen atoms in total. The maximum atomic E-state index is 12.2. The van der Waals surface area contributed by atoms with Gasteiger partial charge in [0.05, 0.1) is 11.0 Å². The summed E-state index contributed by atoms with van der Waals surface area (Å²) in [4.78, 5) is 13.4. The maximum Gasteiger partial charge on any atom is 0.234 e. The Morgan fingerprint density at radius 3 is 2.74 bits per heavy atom. The molecule has 0 unspecified atom stereocenters. The van der Waals surface area contributed by atoms with Crippen LogP contribution in [0.1, 0.15) is 35.8 Å². The number of hydrogen-bond acceptors (Lipinski definition) is 3.